The van der Waals surface area contributed by atoms with E-state index < -0.39 is 18.2 Å². The van der Waals surface area contributed by atoms with Gasteiger partial charge in [-0.2, -0.15) is 0 Å². The first-order chi connectivity index (χ1) is 11.0. The van der Waals surface area contributed by atoms with Crippen LogP contribution in [0.4, 0.5) is 4.79 Å². The Bertz CT molecular complexity index is 695. The summed E-state index contributed by atoms with van der Waals surface area (Å²) >= 11 is 0. The Hall–Kier alpha value is -2.83. The summed E-state index contributed by atoms with van der Waals surface area (Å²) in [7, 11) is 6.18. The smallest absolute Gasteiger partial charge is 0.410 e. The molecule has 1 amide bonds. The first-order valence-corrected chi connectivity index (χ1v) is 6.98. The standard InChI is InChI=1S/C16H19N3O4/c1-18(2)16(21)23-13(11-8-6-5-7-9-11)14-17-10-12(19(14)3)15(20)22-4/h5-10,13H,1-4H3. The number of methoxy groups -OCH3 is 1. The number of aromatic nitrogens is 2. The lowest BCUT2D eigenvalue weighted by Gasteiger charge is -2.20. The first kappa shape index (κ1) is 16.5. The van der Waals surface area contributed by atoms with Gasteiger partial charge in [-0.3, -0.25) is 0 Å². The summed E-state index contributed by atoms with van der Waals surface area (Å²) in [4.78, 5) is 29.3. The Kier molecular flexibility index (Phi) is 5.00. The van der Waals surface area contributed by atoms with E-state index in [1.807, 2.05) is 30.3 Å². The predicted molar refractivity (Wildman–Crippen MR) is 83.0 cm³/mol. The molecule has 1 aromatic heterocycles. The van der Waals surface area contributed by atoms with Crippen LogP contribution >= 0.6 is 0 Å². The maximum absolute atomic E-state index is 12.0. The van der Waals surface area contributed by atoms with E-state index in [0.717, 1.165) is 5.56 Å². The molecule has 2 rings (SSSR count). The van der Waals surface area contributed by atoms with Gasteiger partial charge in [0.1, 0.15) is 5.69 Å². The minimum absolute atomic E-state index is 0.282. The van der Waals surface area contributed by atoms with E-state index in [2.05, 4.69) is 4.98 Å². The zero-order valence-electron chi connectivity index (χ0n) is 13.5. The minimum atomic E-state index is -0.727. The average molecular weight is 317 g/mol. The molecule has 0 spiro atoms. The second kappa shape index (κ2) is 6.95. The molecule has 1 atom stereocenters. The van der Waals surface area contributed by atoms with Crippen LogP contribution in [0.15, 0.2) is 36.5 Å². The molecule has 0 saturated carbocycles. The Morgan fingerprint density at radius 2 is 1.87 bits per heavy atom. The van der Waals surface area contributed by atoms with Crippen LogP contribution in [0.3, 0.4) is 0 Å². The molecule has 0 saturated heterocycles. The molecule has 0 aliphatic rings. The third kappa shape index (κ3) is 3.50. The highest BCUT2D eigenvalue weighted by Crippen LogP contribution is 2.26. The van der Waals surface area contributed by atoms with E-state index in [4.69, 9.17) is 9.47 Å². The predicted octanol–water partition coefficient (Wildman–Crippen LogP) is 1.99. The second-order valence-corrected chi connectivity index (χ2v) is 5.12. The first-order valence-electron chi connectivity index (χ1n) is 6.98. The van der Waals surface area contributed by atoms with Gasteiger partial charge in [-0.25, -0.2) is 14.6 Å². The van der Waals surface area contributed by atoms with Gasteiger partial charge in [-0.05, 0) is 0 Å². The van der Waals surface area contributed by atoms with Gasteiger partial charge in [0.25, 0.3) is 0 Å². The van der Waals surface area contributed by atoms with Crippen LogP contribution in [0.25, 0.3) is 0 Å². The molecule has 0 aliphatic heterocycles. The summed E-state index contributed by atoms with van der Waals surface area (Å²) < 4.78 is 11.8. The molecule has 0 radical (unpaired) electrons. The molecule has 1 aromatic carbocycles. The molecule has 1 unspecified atom stereocenters. The zero-order valence-corrected chi connectivity index (χ0v) is 13.5. The third-order valence-corrected chi connectivity index (χ3v) is 3.34. The molecule has 7 nitrogen and oxygen atoms in total. The molecule has 0 bridgehead atoms. The average Bonchev–Trinajstić information content (AvgIpc) is 2.93. The fraction of sp³-hybridized carbons (Fsp3) is 0.312. The number of ether oxygens (including phenoxy) is 2. The largest absolute Gasteiger partial charge is 0.464 e. The molecule has 0 aliphatic carbocycles. The van der Waals surface area contributed by atoms with Gasteiger partial charge in [-0.15, -0.1) is 0 Å². The van der Waals surface area contributed by atoms with Crippen LogP contribution in [0, 0.1) is 0 Å². The van der Waals surface area contributed by atoms with Gasteiger partial charge in [0.15, 0.2) is 11.9 Å². The lowest BCUT2D eigenvalue weighted by atomic mass is 10.1. The maximum atomic E-state index is 12.0. The number of amides is 1. The van der Waals surface area contributed by atoms with Gasteiger partial charge in [-0.1, -0.05) is 30.3 Å². The van der Waals surface area contributed by atoms with Crippen molar-refractivity contribution in [1.29, 1.82) is 0 Å². The summed E-state index contributed by atoms with van der Waals surface area (Å²) in [6.45, 7) is 0. The number of carbonyl (C=O) groups is 2. The van der Waals surface area contributed by atoms with Crippen LogP contribution in [0.5, 0.6) is 0 Å². The van der Waals surface area contributed by atoms with Crippen LogP contribution in [-0.2, 0) is 16.5 Å². The molecule has 0 fully saturated rings. The molecule has 122 valence electrons. The molecule has 7 heteroatoms. The topological polar surface area (TPSA) is 73.7 Å². The Balaban J connectivity index is 2.44. The molecule has 1 heterocycles. The van der Waals surface area contributed by atoms with Crippen molar-refractivity contribution >= 4 is 12.1 Å². The highest BCUT2D eigenvalue weighted by Gasteiger charge is 2.26. The lowest BCUT2D eigenvalue weighted by Crippen LogP contribution is -2.26. The summed E-state index contributed by atoms with van der Waals surface area (Å²) in [5.74, 6) is -0.0659. The highest BCUT2D eigenvalue weighted by atomic mass is 16.6. The van der Waals surface area contributed by atoms with Crippen LogP contribution < -0.4 is 0 Å². The fourth-order valence-corrected chi connectivity index (χ4v) is 2.07. The highest BCUT2D eigenvalue weighted by molar-refractivity contribution is 5.87. The van der Waals surface area contributed by atoms with Crippen LogP contribution in [0.1, 0.15) is 28.0 Å². The van der Waals surface area contributed by atoms with E-state index in [0.29, 0.717) is 5.82 Å². The Morgan fingerprint density at radius 3 is 2.43 bits per heavy atom. The minimum Gasteiger partial charge on any atom is -0.464 e. The number of imidazole rings is 1. The van der Waals surface area contributed by atoms with Crippen LogP contribution in [-0.4, -0.2) is 47.7 Å². The zero-order chi connectivity index (χ0) is 17.0. The number of rotatable bonds is 4. The number of nitrogens with zero attached hydrogens (tertiary/aromatic N) is 3. The van der Waals surface area contributed by atoms with Crippen molar-refractivity contribution in [3.05, 3.63) is 53.6 Å². The number of hydrogen-bond donors (Lipinski definition) is 0. The molecule has 23 heavy (non-hydrogen) atoms. The molecule has 2 aromatic rings. The normalized spacial score (nSPS) is 11.7. The van der Waals surface area contributed by atoms with Crippen molar-refractivity contribution in [2.75, 3.05) is 21.2 Å². The van der Waals surface area contributed by atoms with E-state index in [-0.39, 0.29) is 5.69 Å². The third-order valence-electron chi connectivity index (χ3n) is 3.34. The van der Waals surface area contributed by atoms with E-state index in [1.165, 1.54) is 18.2 Å². The number of hydrogen-bond acceptors (Lipinski definition) is 5. The summed E-state index contributed by atoms with van der Waals surface area (Å²) in [6.07, 6.45) is 0.177. The Morgan fingerprint density at radius 1 is 1.22 bits per heavy atom. The maximum Gasteiger partial charge on any atom is 0.410 e. The summed E-state index contributed by atoms with van der Waals surface area (Å²) in [6, 6.07) is 9.22. The van der Waals surface area contributed by atoms with Crippen molar-refractivity contribution in [1.82, 2.24) is 14.5 Å². The van der Waals surface area contributed by atoms with E-state index in [1.54, 1.807) is 25.7 Å². The van der Waals surface area contributed by atoms with Crippen molar-refractivity contribution in [3.63, 3.8) is 0 Å². The summed E-state index contributed by atoms with van der Waals surface area (Å²) in [5.41, 5.74) is 1.04. The fourth-order valence-electron chi connectivity index (χ4n) is 2.07. The molecular formula is C16H19N3O4. The van der Waals surface area contributed by atoms with E-state index >= 15 is 0 Å². The van der Waals surface area contributed by atoms with Crippen molar-refractivity contribution in [2.45, 2.75) is 6.10 Å². The van der Waals surface area contributed by atoms with Gasteiger partial charge in [0, 0.05) is 26.7 Å². The van der Waals surface area contributed by atoms with Gasteiger partial charge < -0.3 is 18.9 Å². The number of esters is 1. The SMILES string of the molecule is COC(=O)c1cnc(C(OC(=O)N(C)C)c2ccccc2)n1C. The van der Waals surface area contributed by atoms with Crippen molar-refractivity contribution < 1.29 is 19.1 Å². The van der Waals surface area contributed by atoms with Crippen LogP contribution in [0.2, 0.25) is 0 Å². The van der Waals surface area contributed by atoms with Crippen molar-refractivity contribution in [2.24, 2.45) is 7.05 Å². The monoisotopic (exact) mass is 317 g/mol. The summed E-state index contributed by atoms with van der Waals surface area (Å²) in [5, 5.41) is 0. The number of benzene rings is 1. The number of carbonyl (C=O) groups excluding carboxylic acids is 2. The van der Waals surface area contributed by atoms with Crippen molar-refractivity contribution in [3.8, 4) is 0 Å². The molecule has 0 N–H and O–H groups in total. The molecular weight excluding hydrogens is 298 g/mol. The van der Waals surface area contributed by atoms with Gasteiger partial charge in [0.05, 0.1) is 13.3 Å². The van der Waals surface area contributed by atoms with E-state index in [9.17, 15) is 9.59 Å². The quantitative estimate of drug-likeness (QED) is 0.806. The van der Waals surface area contributed by atoms with Gasteiger partial charge >= 0.3 is 12.1 Å². The lowest BCUT2D eigenvalue weighted by molar-refractivity contribution is 0.0588. The Labute approximate surface area is 134 Å². The second-order valence-electron chi connectivity index (χ2n) is 5.12. The van der Waals surface area contributed by atoms with Gasteiger partial charge in [0.2, 0.25) is 0 Å².